The largest absolute Gasteiger partial charge is 0.318 e. The van der Waals surface area contributed by atoms with Gasteiger partial charge in [0, 0.05) is 11.9 Å². The van der Waals surface area contributed by atoms with E-state index >= 15 is 0 Å². The molecular formula is C8H11F2N. The number of halogens is 2. The van der Waals surface area contributed by atoms with Gasteiger partial charge in [0.05, 0.1) is 0 Å². The Morgan fingerprint density at radius 1 is 1.36 bits per heavy atom. The molecule has 0 aliphatic heterocycles. The normalized spacial score (nSPS) is 11.5. The molecule has 0 unspecified atom stereocenters. The fourth-order valence-corrected chi connectivity index (χ4v) is 1.07. The number of rotatable bonds is 2. The number of hydrogen-bond donors (Lipinski definition) is 0. The Kier molecular flexibility index (Phi) is 2.27. The van der Waals surface area contributed by atoms with Crippen molar-refractivity contribution in [3.05, 3.63) is 24.0 Å². The zero-order valence-electron chi connectivity index (χ0n) is 6.59. The average molecular weight is 159 g/mol. The minimum Gasteiger partial charge on any atom is -0.295 e. The highest BCUT2D eigenvalue weighted by molar-refractivity contribution is 5.11. The molecule has 0 bridgehead atoms. The van der Waals surface area contributed by atoms with Gasteiger partial charge in [-0.25, -0.2) is 0 Å². The highest BCUT2D eigenvalue weighted by atomic mass is 19.3. The maximum atomic E-state index is 12.2. The highest BCUT2D eigenvalue weighted by Crippen LogP contribution is 2.20. The molecule has 0 saturated heterocycles. The number of alkyl halides is 2. The van der Waals surface area contributed by atoms with Crippen LogP contribution in [-0.2, 0) is 0 Å². The van der Waals surface area contributed by atoms with Crippen molar-refractivity contribution >= 4 is 0 Å². The highest BCUT2D eigenvalue weighted by Gasteiger charge is 2.11. The van der Waals surface area contributed by atoms with Gasteiger partial charge in [0.1, 0.15) is 0 Å². The van der Waals surface area contributed by atoms with Crippen LogP contribution >= 0.6 is 0 Å². The first kappa shape index (κ1) is 8.24. The molecule has 1 aromatic rings. The summed E-state index contributed by atoms with van der Waals surface area (Å²) in [6.07, 6.45) is 1.40. The van der Waals surface area contributed by atoms with E-state index in [4.69, 9.17) is 0 Å². The van der Waals surface area contributed by atoms with Crippen molar-refractivity contribution in [2.45, 2.75) is 26.3 Å². The van der Waals surface area contributed by atoms with Crippen LogP contribution in [0.15, 0.2) is 18.3 Å². The number of nitrogens with zero attached hydrogens (tertiary/aromatic N) is 1. The van der Waals surface area contributed by atoms with Crippen LogP contribution in [0, 0.1) is 0 Å². The summed E-state index contributed by atoms with van der Waals surface area (Å²) in [6.45, 7) is 1.38. The molecule has 1 nitrogen and oxygen atoms in total. The van der Waals surface area contributed by atoms with Crippen LogP contribution in [0.2, 0.25) is 0 Å². The van der Waals surface area contributed by atoms with Gasteiger partial charge in [0.25, 0.3) is 0 Å². The van der Waals surface area contributed by atoms with Crippen LogP contribution in [0.4, 0.5) is 8.78 Å². The van der Waals surface area contributed by atoms with Gasteiger partial charge in [-0.3, -0.25) is 4.57 Å². The molecule has 0 amide bonds. The lowest BCUT2D eigenvalue weighted by Crippen LogP contribution is -2.02. The van der Waals surface area contributed by atoms with Crippen molar-refractivity contribution in [1.82, 2.24) is 4.57 Å². The van der Waals surface area contributed by atoms with Gasteiger partial charge in [-0.15, -0.1) is 0 Å². The summed E-state index contributed by atoms with van der Waals surface area (Å²) in [5, 5.41) is 0. The summed E-state index contributed by atoms with van der Waals surface area (Å²) in [6, 6.07) is 3.36. The van der Waals surface area contributed by atoms with Crippen molar-refractivity contribution in [2.24, 2.45) is 0 Å². The van der Waals surface area contributed by atoms with Crippen molar-refractivity contribution in [1.29, 1.82) is 0 Å². The van der Waals surface area contributed by atoms with Crippen LogP contribution in [0.3, 0.4) is 0 Å². The van der Waals surface area contributed by atoms with Crippen LogP contribution < -0.4 is 0 Å². The van der Waals surface area contributed by atoms with Crippen LogP contribution in [0.25, 0.3) is 0 Å². The Hall–Kier alpha value is -0.860. The molecule has 11 heavy (non-hydrogen) atoms. The molecule has 0 radical (unpaired) electrons. The second kappa shape index (κ2) is 3.03. The Morgan fingerprint density at radius 2 is 2.00 bits per heavy atom. The zero-order valence-corrected chi connectivity index (χ0v) is 6.59. The van der Waals surface area contributed by atoms with E-state index in [-0.39, 0.29) is 5.92 Å². The van der Waals surface area contributed by atoms with Crippen molar-refractivity contribution in [3.8, 4) is 0 Å². The molecule has 1 rings (SSSR count). The molecule has 0 aromatic carbocycles. The minimum absolute atomic E-state index is 0.152. The third-order valence-electron chi connectivity index (χ3n) is 1.61. The lowest BCUT2D eigenvalue weighted by atomic mass is 10.1. The molecule has 0 saturated carbocycles. The minimum atomic E-state index is -2.41. The topological polar surface area (TPSA) is 4.93 Å². The second-order valence-corrected chi connectivity index (χ2v) is 2.77. The molecule has 0 aliphatic carbocycles. The number of aromatic nitrogens is 1. The SMILES string of the molecule is CC(C)c1cccn1C(F)F. The summed E-state index contributed by atoms with van der Waals surface area (Å²) in [5.74, 6) is 0.152. The third-order valence-corrected chi connectivity index (χ3v) is 1.61. The van der Waals surface area contributed by atoms with E-state index in [1.807, 2.05) is 13.8 Å². The lowest BCUT2D eigenvalue weighted by Gasteiger charge is -2.09. The van der Waals surface area contributed by atoms with E-state index in [0.29, 0.717) is 5.69 Å². The van der Waals surface area contributed by atoms with Gasteiger partial charge >= 0.3 is 6.55 Å². The van der Waals surface area contributed by atoms with Gasteiger partial charge in [-0.2, -0.15) is 8.78 Å². The van der Waals surface area contributed by atoms with Crippen molar-refractivity contribution in [3.63, 3.8) is 0 Å². The van der Waals surface area contributed by atoms with Crippen molar-refractivity contribution < 1.29 is 8.78 Å². The van der Waals surface area contributed by atoms with E-state index in [9.17, 15) is 8.78 Å². The predicted octanol–water partition coefficient (Wildman–Crippen LogP) is 3.01. The van der Waals surface area contributed by atoms with Crippen molar-refractivity contribution in [2.75, 3.05) is 0 Å². The van der Waals surface area contributed by atoms with E-state index in [1.54, 1.807) is 12.1 Å². The first-order chi connectivity index (χ1) is 5.13. The van der Waals surface area contributed by atoms with E-state index in [0.717, 1.165) is 4.57 Å². The van der Waals surface area contributed by atoms with Crippen LogP contribution in [0.5, 0.6) is 0 Å². The third kappa shape index (κ3) is 1.59. The predicted molar refractivity (Wildman–Crippen MR) is 39.8 cm³/mol. The average Bonchev–Trinajstić information content (AvgIpc) is 2.32. The van der Waals surface area contributed by atoms with Gasteiger partial charge in [0.2, 0.25) is 0 Å². The van der Waals surface area contributed by atoms with E-state index < -0.39 is 6.55 Å². The molecule has 3 heteroatoms. The number of hydrogen-bond acceptors (Lipinski definition) is 0. The molecule has 1 heterocycles. The molecule has 0 spiro atoms. The standard InChI is InChI=1S/C8H11F2N/c1-6(2)7-4-3-5-11(7)8(9)10/h3-6,8H,1-2H3. The Bertz CT molecular complexity index is 205. The maximum absolute atomic E-state index is 12.2. The molecule has 0 N–H and O–H groups in total. The van der Waals surface area contributed by atoms with Gasteiger partial charge < -0.3 is 0 Å². The zero-order chi connectivity index (χ0) is 8.43. The summed E-state index contributed by atoms with van der Waals surface area (Å²) in [7, 11) is 0. The summed E-state index contributed by atoms with van der Waals surface area (Å²) in [4.78, 5) is 0. The van der Waals surface area contributed by atoms with Crippen LogP contribution in [-0.4, -0.2) is 4.57 Å². The van der Waals surface area contributed by atoms with Gasteiger partial charge in [0.15, 0.2) is 0 Å². The molecule has 62 valence electrons. The van der Waals surface area contributed by atoms with E-state index in [1.165, 1.54) is 6.20 Å². The fraction of sp³-hybridized carbons (Fsp3) is 0.500. The Balaban J connectivity index is 2.96. The second-order valence-electron chi connectivity index (χ2n) is 2.77. The van der Waals surface area contributed by atoms with Crippen LogP contribution in [0.1, 0.15) is 32.0 Å². The van der Waals surface area contributed by atoms with Gasteiger partial charge in [-0.1, -0.05) is 13.8 Å². The molecule has 0 atom stereocenters. The summed E-state index contributed by atoms with van der Waals surface area (Å²) < 4.78 is 25.4. The maximum Gasteiger partial charge on any atom is 0.318 e. The quantitative estimate of drug-likeness (QED) is 0.625. The Labute approximate surface area is 64.6 Å². The molecule has 1 aromatic heterocycles. The Morgan fingerprint density at radius 3 is 2.36 bits per heavy atom. The summed E-state index contributed by atoms with van der Waals surface area (Å²) >= 11 is 0. The first-order valence-electron chi connectivity index (χ1n) is 3.58. The molecule has 0 aliphatic rings. The summed E-state index contributed by atoms with van der Waals surface area (Å²) in [5.41, 5.74) is 0.681. The van der Waals surface area contributed by atoms with E-state index in [2.05, 4.69) is 0 Å². The van der Waals surface area contributed by atoms with Gasteiger partial charge in [-0.05, 0) is 18.1 Å². The smallest absolute Gasteiger partial charge is 0.295 e. The monoisotopic (exact) mass is 159 g/mol. The lowest BCUT2D eigenvalue weighted by molar-refractivity contribution is 0.0670. The fourth-order valence-electron chi connectivity index (χ4n) is 1.07. The molecular weight excluding hydrogens is 148 g/mol. The molecule has 0 fully saturated rings. The first-order valence-corrected chi connectivity index (χ1v) is 3.58.